The topological polar surface area (TPSA) is 17.1 Å². The molecule has 0 spiro atoms. The summed E-state index contributed by atoms with van der Waals surface area (Å²) in [6.07, 6.45) is 0. The molecule has 0 aliphatic rings. The van der Waals surface area contributed by atoms with Crippen molar-refractivity contribution in [2.75, 3.05) is 0 Å². The Kier molecular flexibility index (Phi) is 2.41. The first-order chi connectivity index (χ1) is 5.11. The fraction of sp³-hybridized carbons (Fsp3) is 0.222. The molecule has 0 amide bonds. The van der Waals surface area contributed by atoms with Gasteiger partial charge in [0, 0.05) is 5.56 Å². The van der Waals surface area contributed by atoms with Crippen molar-refractivity contribution < 1.29 is 4.79 Å². The number of carbonyl (C=O) groups excluding carboxylic acids is 1. The van der Waals surface area contributed by atoms with E-state index in [0.717, 1.165) is 10.9 Å². The van der Waals surface area contributed by atoms with Crippen molar-refractivity contribution in [2.45, 2.75) is 13.8 Å². The zero-order valence-electron chi connectivity index (χ0n) is 6.72. The molecule has 0 bridgehead atoms. The van der Waals surface area contributed by atoms with Gasteiger partial charge in [0.25, 0.3) is 0 Å². The van der Waals surface area contributed by atoms with Crippen LogP contribution in [0.15, 0.2) is 18.2 Å². The number of aryl methyl sites for hydroxylation is 1. The maximum Gasteiger partial charge on any atom is 0.159 e. The van der Waals surface area contributed by atoms with Gasteiger partial charge in [0.15, 0.2) is 5.78 Å². The monoisotopic (exact) mass is 166 g/mol. The van der Waals surface area contributed by atoms with Crippen LogP contribution in [-0.4, -0.2) is 5.78 Å². The van der Waals surface area contributed by atoms with Crippen LogP contribution in [0.25, 0.3) is 0 Å². The van der Waals surface area contributed by atoms with E-state index in [-0.39, 0.29) is 5.78 Å². The second-order valence-corrected chi connectivity index (χ2v) is 3.25. The van der Waals surface area contributed by atoms with E-state index in [1.807, 2.05) is 25.1 Å². The molecular formula is C9H11OP. The van der Waals surface area contributed by atoms with Crippen LogP contribution in [0.5, 0.6) is 0 Å². The minimum atomic E-state index is 0.119. The smallest absolute Gasteiger partial charge is 0.159 e. The second-order valence-electron chi connectivity index (χ2n) is 2.63. The van der Waals surface area contributed by atoms with Crippen molar-refractivity contribution in [3.05, 3.63) is 29.3 Å². The quantitative estimate of drug-likeness (QED) is 0.458. The Hall–Kier alpha value is -0.680. The number of benzene rings is 1. The van der Waals surface area contributed by atoms with Crippen LogP contribution in [0.2, 0.25) is 0 Å². The summed E-state index contributed by atoms with van der Waals surface area (Å²) in [5, 5.41) is 1.10. The van der Waals surface area contributed by atoms with Crippen molar-refractivity contribution in [1.82, 2.24) is 0 Å². The van der Waals surface area contributed by atoms with E-state index in [4.69, 9.17) is 0 Å². The van der Waals surface area contributed by atoms with E-state index in [0.29, 0.717) is 0 Å². The van der Waals surface area contributed by atoms with E-state index in [2.05, 4.69) is 9.24 Å². The van der Waals surface area contributed by atoms with Crippen LogP contribution in [0.3, 0.4) is 0 Å². The van der Waals surface area contributed by atoms with Gasteiger partial charge < -0.3 is 0 Å². The van der Waals surface area contributed by atoms with Gasteiger partial charge in [0.2, 0.25) is 0 Å². The maximum absolute atomic E-state index is 10.9. The number of hydrogen-bond donors (Lipinski definition) is 0. The van der Waals surface area contributed by atoms with Gasteiger partial charge in [-0.05, 0) is 30.8 Å². The van der Waals surface area contributed by atoms with E-state index in [9.17, 15) is 4.79 Å². The first kappa shape index (κ1) is 8.42. The van der Waals surface area contributed by atoms with Gasteiger partial charge >= 0.3 is 0 Å². The highest BCUT2D eigenvalue weighted by Crippen LogP contribution is 2.04. The minimum absolute atomic E-state index is 0.119. The Bertz CT molecular complexity index is 292. The highest BCUT2D eigenvalue weighted by molar-refractivity contribution is 7.27. The molecule has 11 heavy (non-hydrogen) atoms. The molecule has 1 aromatic carbocycles. The average molecular weight is 166 g/mol. The number of rotatable bonds is 1. The Balaban J connectivity index is 3.15. The van der Waals surface area contributed by atoms with E-state index in [1.165, 1.54) is 5.56 Å². The second kappa shape index (κ2) is 3.15. The summed E-state index contributed by atoms with van der Waals surface area (Å²) in [4.78, 5) is 10.9. The largest absolute Gasteiger partial charge is 0.295 e. The Labute approximate surface area is 69.0 Å². The van der Waals surface area contributed by atoms with Crippen LogP contribution < -0.4 is 5.30 Å². The third-order valence-corrected chi connectivity index (χ3v) is 2.31. The normalized spacial score (nSPS) is 9.73. The fourth-order valence-electron chi connectivity index (χ4n) is 0.859. The summed E-state index contributed by atoms with van der Waals surface area (Å²) in [6, 6.07) is 5.70. The Morgan fingerprint density at radius 2 is 2.09 bits per heavy atom. The first-order valence-corrected chi connectivity index (χ1v) is 4.06. The number of Topliss-reactive ketones (excluding diaryl/α,β-unsaturated/α-hetero) is 1. The third-order valence-electron chi connectivity index (χ3n) is 1.69. The maximum atomic E-state index is 10.9. The molecule has 0 fully saturated rings. The molecule has 0 aromatic heterocycles. The molecule has 1 nitrogen and oxygen atoms in total. The summed E-state index contributed by atoms with van der Waals surface area (Å²) in [5.74, 6) is 0.119. The lowest BCUT2D eigenvalue weighted by Crippen LogP contribution is -2.01. The van der Waals surface area contributed by atoms with Gasteiger partial charge in [-0.1, -0.05) is 12.1 Å². The zero-order valence-corrected chi connectivity index (χ0v) is 7.87. The number of ketones is 1. The van der Waals surface area contributed by atoms with Crippen molar-refractivity contribution in [3.63, 3.8) is 0 Å². The third kappa shape index (κ3) is 1.87. The first-order valence-electron chi connectivity index (χ1n) is 3.48. The summed E-state index contributed by atoms with van der Waals surface area (Å²) in [6.45, 7) is 3.60. The predicted octanol–water partition coefficient (Wildman–Crippen LogP) is 1.70. The molecule has 1 atom stereocenters. The lowest BCUT2D eigenvalue weighted by molar-refractivity contribution is 0.101. The molecule has 2 heteroatoms. The van der Waals surface area contributed by atoms with Gasteiger partial charge in [0.1, 0.15) is 0 Å². The Morgan fingerprint density at radius 3 is 2.55 bits per heavy atom. The van der Waals surface area contributed by atoms with E-state index in [1.54, 1.807) is 6.92 Å². The molecular weight excluding hydrogens is 155 g/mol. The fourth-order valence-corrected chi connectivity index (χ4v) is 1.14. The van der Waals surface area contributed by atoms with Crippen LogP contribution >= 0.6 is 9.24 Å². The summed E-state index contributed by atoms with van der Waals surface area (Å²) >= 11 is 0. The SMILES string of the molecule is CC(=O)c1ccc(C)c(P)c1. The van der Waals surface area contributed by atoms with E-state index >= 15 is 0 Å². The van der Waals surface area contributed by atoms with Gasteiger partial charge in [-0.25, -0.2) is 0 Å². The summed E-state index contributed by atoms with van der Waals surface area (Å²) in [7, 11) is 2.61. The highest BCUT2D eigenvalue weighted by atomic mass is 31.0. The van der Waals surface area contributed by atoms with Crippen LogP contribution in [0.1, 0.15) is 22.8 Å². The molecule has 0 radical (unpaired) electrons. The van der Waals surface area contributed by atoms with Gasteiger partial charge in [-0.15, -0.1) is 9.24 Å². The molecule has 0 aliphatic carbocycles. The van der Waals surface area contributed by atoms with E-state index < -0.39 is 0 Å². The van der Waals surface area contributed by atoms with Crippen LogP contribution in [0, 0.1) is 6.92 Å². The molecule has 0 heterocycles. The van der Waals surface area contributed by atoms with Gasteiger partial charge in [-0.3, -0.25) is 4.79 Å². The molecule has 1 unspecified atom stereocenters. The van der Waals surface area contributed by atoms with Gasteiger partial charge in [0.05, 0.1) is 0 Å². The molecule has 0 N–H and O–H groups in total. The van der Waals surface area contributed by atoms with Crippen molar-refractivity contribution >= 4 is 20.3 Å². The molecule has 58 valence electrons. The lowest BCUT2D eigenvalue weighted by Gasteiger charge is -2.00. The standard InChI is InChI=1S/C9H11OP/c1-6-3-4-8(7(2)10)5-9(6)11/h3-5H,11H2,1-2H3. The molecule has 1 rings (SSSR count). The van der Waals surface area contributed by atoms with Crippen molar-refractivity contribution in [3.8, 4) is 0 Å². The number of hydrogen-bond acceptors (Lipinski definition) is 1. The van der Waals surface area contributed by atoms with Crippen molar-refractivity contribution in [1.29, 1.82) is 0 Å². The van der Waals surface area contributed by atoms with Crippen molar-refractivity contribution in [2.24, 2.45) is 0 Å². The van der Waals surface area contributed by atoms with Gasteiger partial charge in [-0.2, -0.15) is 0 Å². The summed E-state index contributed by atoms with van der Waals surface area (Å²) in [5.41, 5.74) is 1.97. The predicted molar refractivity (Wildman–Crippen MR) is 50.5 cm³/mol. The molecule has 0 saturated carbocycles. The lowest BCUT2D eigenvalue weighted by atomic mass is 10.1. The van der Waals surface area contributed by atoms with Crippen LogP contribution in [0.4, 0.5) is 0 Å². The molecule has 0 aliphatic heterocycles. The molecule has 1 aromatic rings. The molecule has 0 saturated heterocycles. The minimum Gasteiger partial charge on any atom is -0.295 e. The number of carbonyl (C=O) groups is 1. The summed E-state index contributed by atoms with van der Waals surface area (Å²) < 4.78 is 0. The Morgan fingerprint density at radius 1 is 1.45 bits per heavy atom. The average Bonchev–Trinajstić information content (AvgIpc) is 1.94. The zero-order chi connectivity index (χ0) is 8.43. The van der Waals surface area contributed by atoms with Crippen LogP contribution in [-0.2, 0) is 0 Å². The highest BCUT2D eigenvalue weighted by Gasteiger charge is 1.99.